The summed E-state index contributed by atoms with van der Waals surface area (Å²) >= 11 is 1.11. The minimum atomic E-state index is -3.42. The van der Waals surface area contributed by atoms with Gasteiger partial charge in [0, 0.05) is 25.0 Å². The van der Waals surface area contributed by atoms with Gasteiger partial charge in [-0.3, -0.25) is 19.2 Å². The number of methoxy groups -OCH3 is 1. The zero-order valence-electron chi connectivity index (χ0n) is 34.8. The molecule has 5 rings (SSSR count). The third-order valence-corrected chi connectivity index (χ3v) is 14.0. The summed E-state index contributed by atoms with van der Waals surface area (Å²) in [6.07, 6.45) is 2.28. The molecule has 0 radical (unpaired) electrons. The molecule has 20 heteroatoms. The van der Waals surface area contributed by atoms with Crippen LogP contribution < -0.4 is 30.1 Å². The Hall–Kier alpha value is -4.61. The third kappa shape index (κ3) is 14.8. The first-order chi connectivity index (χ1) is 29.0. The minimum Gasteiger partial charge on any atom is -0.508 e. The van der Waals surface area contributed by atoms with Gasteiger partial charge in [-0.05, 0) is 120 Å². The summed E-state index contributed by atoms with van der Waals surface area (Å²) < 4.78 is 92.8. The highest BCUT2D eigenvalue weighted by molar-refractivity contribution is 7.90. The number of aromatic hydroxyl groups is 1. The van der Waals surface area contributed by atoms with E-state index in [2.05, 4.69) is 10.3 Å². The molecule has 0 aliphatic rings. The Morgan fingerprint density at radius 3 is 1.74 bits per heavy atom. The fraction of sp³-hybridized carbons (Fsp3) is 0.317. The lowest BCUT2D eigenvalue weighted by Crippen LogP contribution is -2.18. The number of sulfone groups is 1. The first-order valence-corrected chi connectivity index (χ1v) is 24.8. The van der Waals surface area contributed by atoms with E-state index in [0.29, 0.717) is 58.5 Å². The van der Waals surface area contributed by atoms with Crippen LogP contribution in [-0.4, -0.2) is 76.9 Å². The fourth-order valence-electron chi connectivity index (χ4n) is 5.26. The number of carbonyl (C=O) groups is 1. The van der Waals surface area contributed by atoms with Gasteiger partial charge in [0.15, 0.2) is 15.0 Å². The average molecular weight is 921 g/mol. The number of phenols is 1. The van der Waals surface area contributed by atoms with Crippen molar-refractivity contribution in [2.45, 2.75) is 45.6 Å². The van der Waals surface area contributed by atoms with Crippen molar-refractivity contribution >= 4 is 58.0 Å². The number of phenolic OH excluding ortho intramolecular Hbond substituents is 1. The Morgan fingerprint density at radius 2 is 1.23 bits per heavy atom. The lowest BCUT2D eigenvalue weighted by atomic mass is 10.2. The second-order valence-corrected chi connectivity index (χ2v) is 19.7. The molecule has 1 atom stereocenters. The van der Waals surface area contributed by atoms with Gasteiger partial charge in [-0.15, -0.1) is 0 Å². The molecule has 0 aliphatic heterocycles. The summed E-state index contributed by atoms with van der Waals surface area (Å²) in [4.78, 5) is 17.7. The number of aromatic nitrogens is 1. The van der Waals surface area contributed by atoms with Crippen LogP contribution in [-0.2, 0) is 41.8 Å². The van der Waals surface area contributed by atoms with Crippen LogP contribution in [0.2, 0.25) is 0 Å². The SMILES string of the molecule is CCOP(=O)(OCC)c1ccc(O)cc1.CCOP(=O)(OCC)c1ccc(Oc2cnc(NC(=O)c3cc(Oc4ccc(S(C)(=O)=O)cc4)cc(O[C@@H](C)COC)c3)s2)cc1. The second-order valence-electron chi connectivity index (χ2n) is 12.6. The van der Waals surface area contributed by atoms with Crippen LogP contribution in [0.1, 0.15) is 45.0 Å². The summed E-state index contributed by atoms with van der Waals surface area (Å²) in [6.45, 7) is 10.3. The molecule has 1 heterocycles. The molecule has 0 aliphatic carbocycles. The van der Waals surface area contributed by atoms with Crippen LogP contribution in [0.5, 0.6) is 33.8 Å². The van der Waals surface area contributed by atoms with Gasteiger partial charge in [0.1, 0.15) is 34.9 Å². The summed E-state index contributed by atoms with van der Waals surface area (Å²) in [5.74, 6) is 1.14. The first kappa shape index (κ1) is 49.0. The summed E-state index contributed by atoms with van der Waals surface area (Å²) in [7, 11) is -8.43. The van der Waals surface area contributed by atoms with Gasteiger partial charge >= 0.3 is 15.2 Å². The highest BCUT2D eigenvalue weighted by Gasteiger charge is 2.27. The molecule has 1 aromatic heterocycles. The number of rotatable bonds is 21. The normalized spacial score (nSPS) is 12.2. The second kappa shape index (κ2) is 23.0. The Kier molecular flexibility index (Phi) is 18.5. The molecule has 4 aromatic carbocycles. The number of nitrogens with zero attached hydrogens (tertiary/aromatic N) is 1. The minimum absolute atomic E-state index is 0.123. The van der Waals surface area contributed by atoms with Crippen molar-refractivity contribution < 1.29 is 64.5 Å². The number of anilines is 1. The lowest BCUT2D eigenvalue weighted by Gasteiger charge is -2.17. The molecule has 1 amide bonds. The largest absolute Gasteiger partial charge is 0.508 e. The van der Waals surface area contributed by atoms with E-state index < -0.39 is 30.9 Å². The maximum atomic E-state index is 13.3. The molecule has 2 N–H and O–H groups in total. The van der Waals surface area contributed by atoms with Crippen molar-refractivity contribution in [3.8, 4) is 33.8 Å². The number of nitrogens with one attached hydrogen (secondary N) is 1. The van der Waals surface area contributed by atoms with Crippen LogP contribution in [0.3, 0.4) is 0 Å². The smallest absolute Gasteiger partial charge is 0.361 e. The molecule has 0 saturated heterocycles. The Bertz CT molecular complexity index is 2360. The Morgan fingerprint density at radius 1 is 0.738 bits per heavy atom. The standard InChI is InChI=1S/C31H35N2O10PS2.C10H15O4P/c1-6-39-44(35,40-7-2)27-12-8-24(9-13-27)43-29-19-32-31(45-29)33-30(34)22-16-25(41-21(3)20-38-4)18-26(17-22)42-23-10-14-28(15-11-23)46(5,36)37;1-3-13-15(12,14-4-2)10-7-5-9(11)6-8-10/h8-19,21H,6-7,20H2,1-5H3,(H,32,33,34);5-8,11H,3-4H2,1-2H3/t21-;/m0./s1. The van der Waals surface area contributed by atoms with E-state index in [1.165, 1.54) is 48.7 Å². The van der Waals surface area contributed by atoms with Crippen molar-refractivity contribution in [3.05, 3.63) is 103 Å². The number of ether oxygens (including phenoxy) is 4. The van der Waals surface area contributed by atoms with E-state index in [1.54, 1.807) is 83.3 Å². The Labute approximate surface area is 360 Å². The zero-order chi connectivity index (χ0) is 44.6. The molecular formula is C41H50N2O14P2S2. The van der Waals surface area contributed by atoms with Crippen molar-refractivity contribution in [1.29, 1.82) is 0 Å². The molecule has 0 fully saturated rings. The molecule has 330 valence electrons. The van der Waals surface area contributed by atoms with E-state index in [1.807, 2.05) is 6.92 Å². The number of amides is 1. The van der Waals surface area contributed by atoms with Crippen LogP contribution in [0, 0.1) is 0 Å². The predicted molar refractivity (Wildman–Crippen MR) is 234 cm³/mol. The zero-order valence-corrected chi connectivity index (χ0v) is 38.2. The van der Waals surface area contributed by atoms with Crippen LogP contribution in [0.15, 0.2) is 102 Å². The molecule has 0 unspecified atom stereocenters. The van der Waals surface area contributed by atoms with E-state index in [-0.39, 0.29) is 40.7 Å². The maximum absolute atomic E-state index is 13.3. The van der Waals surface area contributed by atoms with Crippen molar-refractivity contribution in [1.82, 2.24) is 4.98 Å². The first-order valence-electron chi connectivity index (χ1n) is 19.0. The van der Waals surface area contributed by atoms with Crippen LogP contribution >= 0.6 is 26.5 Å². The predicted octanol–water partition coefficient (Wildman–Crippen LogP) is 8.97. The average Bonchev–Trinajstić information content (AvgIpc) is 3.65. The Balaban J connectivity index is 0.000000460. The van der Waals surface area contributed by atoms with Gasteiger partial charge in [-0.1, -0.05) is 11.3 Å². The van der Waals surface area contributed by atoms with E-state index in [0.717, 1.165) is 17.6 Å². The highest BCUT2D eigenvalue weighted by atomic mass is 32.2. The highest BCUT2D eigenvalue weighted by Crippen LogP contribution is 2.48. The van der Waals surface area contributed by atoms with Gasteiger partial charge in [-0.2, -0.15) is 0 Å². The summed E-state index contributed by atoms with van der Waals surface area (Å²) in [5.41, 5.74) is 0.228. The van der Waals surface area contributed by atoms with Gasteiger partial charge in [-0.25, -0.2) is 13.4 Å². The quantitative estimate of drug-likeness (QED) is 0.0659. The van der Waals surface area contributed by atoms with Gasteiger partial charge in [0.05, 0.1) is 54.7 Å². The van der Waals surface area contributed by atoms with Crippen LogP contribution in [0.4, 0.5) is 5.13 Å². The topological polar surface area (TPSA) is 204 Å². The number of hydrogen-bond acceptors (Lipinski definition) is 16. The molecule has 5 aromatic rings. The monoisotopic (exact) mass is 920 g/mol. The van der Waals surface area contributed by atoms with Gasteiger partial charge < -0.3 is 42.1 Å². The summed E-state index contributed by atoms with van der Waals surface area (Å²) in [6, 6.07) is 23.2. The number of benzene rings is 4. The van der Waals surface area contributed by atoms with E-state index >= 15 is 0 Å². The molecule has 61 heavy (non-hydrogen) atoms. The molecule has 0 saturated carbocycles. The van der Waals surface area contributed by atoms with E-state index in [4.69, 9.17) is 42.1 Å². The van der Waals surface area contributed by atoms with Gasteiger partial charge in [0.25, 0.3) is 5.91 Å². The lowest BCUT2D eigenvalue weighted by molar-refractivity contribution is 0.0916. The third-order valence-electron chi connectivity index (χ3n) is 7.81. The fourth-order valence-corrected chi connectivity index (χ4v) is 9.70. The van der Waals surface area contributed by atoms with Gasteiger partial charge in [0.2, 0.25) is 5.06 Å². The molecule has 0 bridgehead atoms. The van der Waals surface area contributed by atoms with E-state index in [9.17, 15) is 22.3 Å². The summed E-state index contributed by atoms with van der Waals surface area (Å²) in [5, 5.41) is 13.4. The molecule has 0 spiro atoms. The molecular weight excluding hydrogens is 871 g/mol. The van der Waals surface area contributed by atoms with Crippen molar-refractivity contribution in [2.75, 3.05) is 51.7 Å². The van der Waals surface area contributed by atoms with Crippen LogP contribution in [0.25, 0.3) is 0 Å². The molecule has 16 nitrogen and oxygen atoms in total. The van der Waals surface area contributed by atoms with Crippen molar-refractivity contribution in [2.24, 2.45) is 0 Å². The number of hydrogen-bond donors (Lipinski definition) is 2. The maximum Gasteiger partial charge on any atom is 0.361 e. The van der Waals surface area contributed by atoms with Crippen molar-refractivity contribution in [3.63, 3.8) is 0 Å². The number of carbonyl (C=O) groups excluding carboxylic acids is 1. The number of thiazole rings is 1.